The van der Waals surface area contributed by atoms with Crippen molar-refractivity contribution < 1.29 is 0 Å². The molecule has 0 aliphatic rings. The third kappa shape index (κ3) is 1.85. The summed E-state index contributed by atoms with van der Waals surface area (Å²) >= 11 is 0. The van der Waals surface area contributed by atoms with E-state index in [2.05, 4.69) is 39.7 Å². The molecule has 0 radical (unpaired) electrons. The zero-order chi connectivity index (χ0) is 10.2. The van der Waals surface area contributed by atoms with E-state index in [1.807, 2.05) is 4.68 Å². The first-order valence-electron chi connectivity index (χ1n) is 4.68. The van der Waals surface area contributed by atoms with Crippen LogP contribution in [0.5, 0.6) is 0 Å². The monoisotopic (exact) mass is 181 g/mol. The molecule has 0 saturated heterocycles. The van der Waals surface area contributed by atoms with Crippen LogP contribution in [0.3, 0.4) is 0 Å². The second-order valence-corrected chi connectivity index (χ2v) is 4.72. The molecule has 1 rings (SSSR count). The van der Waals surface area contributed by atoms with E-state index < -0.39 is 0 Å². The predicted octanol–water partition coefficient (Wildman–Crippen LogP) is 2.34. The topological polar surface area (TPSA) is 43.8 Å². The van der Waals surface area contributed by atoms with Gasteiger partial charge in [-0.25, -0.2) is 0 Å². The number of anilines is 1. The van der Waals surface area contributed by atoms with E-state index in [-0.39, 0.29) is 5.54 Å². The summed E-state index contributed by atoms with van der Waals surface area (Å²) < 4.78 is 2.01. The van der Waals surface area contributed by atoms with Crippen molar-refractivity contribution in [3.05, 3.63) is 11.9 Å². The van der Waals surface area contributed by atoms with Crippen LogP contribution in [0, 0.1) is 0 Å². The molecule has 0 fully saturated rings. The summed E-state index contributed by atoms with van der Waals surface area (Å²) in [6, 6.07) is 0. The molecule has 1 heterocycles. The highest BCUT2D eigenvalue weighted by molar-refractivity contribution is 5.43. The fraction of sp³-hybridized carbons (Fsp3) is 0.700. The molecule has 0 atom stereocenters. The zero-order valence-corrected chi connectivity index (χ0v) is 9.13. The lowest BCUT2D eigenvalue weighted by molar-refractivity contribution is 0.339. The Balaban J connectivity index is 3.23. The van der Waals surface area contributed by atoms with Gasteiger partial charge >= 0.3 is 0 Å². The van der Waals surface area contributed by atoms with Gasteiger partial charge in [0.2, 0.25) is 0 Å². The number of hydrogen-bond acceptors (Lipinski definition) is 2. The van der Waals surface area contributed by atoms with Gasteiger partial charge in [0.1, 0.15) is 0 Å². The van der Waals surface area contributed by atoms with Crippen molar-refractivity contribution in [2.45, 2.75) is 46.1 Å². The Labute approximate surface area is 79.9 Å². The van der Waals surface area contributed by atoms with Gasteiger partial charge in [0.25, 0.3) is 0 Å². The quantitative estimate of drug-likeness (QED) is 0.722. The third-order valence-electron chi connectivity index (χ3n) is 2.02. The van der Waals surface area contributed by atoms with Gasteiger partial charge in [-0.2, -0.15) is 5.10 Å². The van der Waals surface area contributed by atoms with Gasteiger partial charge in [0, 0.05) is 0 Å². The number of aromatic nitrogens is 2. The zero-order valence-electron chi connectivity index (χ0n) is 9.13. The molecule has 1 aromatic heterocycles. The molecule has 0 bridgehead atoms. The van der Waals surface area contributed by atoms with Crippen LogP contribution in [-0.2, 0) is 5.54 Å². The van der Waals surface area contributed by atoms with Crippen molar-refractivity contribution in [2.75, 3.05) is 5.73 Å². The van der Waals surface area contributed by atoms with E-state index >= 15 is 0 Å². The van der Waals surface area contributed by atoms with Crippen LogP contribution in [0.2, 0.25) is 0 Å². The Kier molecular flexibility index (Phi) is 2.37. The van der Waals surface area contributed by atoms with E-state index in [0.29, 0.717) is 5.92 Å². The molecule has 1 aromatic rings. The smallest absolute Gasteiger partial charge is 0.0736 e. The van der Waals surface area contributed by atoms with Crippen molar-refractivity contribution in [2.24, 2.45) is 0 Å². The van der Waals surface area contributed by atoms with Crippen molar-refractivity contribution in [1.29, 1.82) is 0 Å². The highest BCUT2D eigenvalue weighted by Crippen LogP contribution is 2.26. The van der Waals surface area contributed by atoms with E-state index in [1.54, 1.807) is 6.20 Å². The molecule has 0 saturated carbocycles. The molecular formula is C10H19N3. The van der Waals surface area contributed by atoms with E-state index in [1.165, 1.54) is 0 Å². The summed E-state index contributed by atoms with van der Waals surface area (Å²) in [5.74, 6) is 0.418. The molecule has 3 heteroatoms. The average molecular weight is 181 g/mol. The summed E-state index contributed by atoms with van der Waals surface area (Å²) in [4.78, 5) is 0. The first-order chi connectivity index (χ1) is 5.84. The SMILES string of the molecule is CC(C)c1c(N)cnn1C(C)(C)C. The fourth-order valence-electron chi connectivity index (χ4n) is 1.48. The van der Waals surface area contributed by atoms with E-state index in [0.717, 1.165) is 11.4 Å². The van der Waals surface area contributed by atoms with Crippen LogP contribution in [0.4, 0.5) is 5.69 Å². The maximum absolute atomic E-state index is 5.86. The largest absolute Gasteiger partial charge is 0.396 e. The number of rotatable bonds is 1. The van der Waals surface area contributed by atoms with E-state index in [4.69, 9.17) is 5.73 Å². The molecule has 2 N–H and O–H groups in total. The molecule has 0 amide bonds. The molecule has 0 aliphatic heterocycles. The van der Waals surface area contributed by atoms with Crippen LogP contribution in [-0.4, -0.2) is 9.78 Å². The van der Waals surface area contributed by atoms with Crippen molar-refractivity contribution in [1.82, 2.24) is 9.78 Å². The van der Waals surface area contributed by atoms with Gasteiger partial charge in [0.15, 0.2) is 0 Å². The molecular weight excluding hydrogens is 162 g/mol. The molecule has 0 spiro atoms. The first-order valence-corrected chi connectivity index (χ1v) is 4.68. The summed E-state index contributed by atoms with van der Waals surface area (Å²) in [5, 5.41) is 4.30. The predicted molar refractivity (Wildman–Crippen MR) is 55.7 cm³/mol. The van der Waals surface area contributed by atoms with Gasteiger partial charge in [-0.3, -0.25) is 4.68 Å². The lowest BCUT2D eigenvalue weighted by atomic mass is 10.0. The third-order valence-corrected chi connectivity index (χ3v) is 2.02. The standard InChI is InChI=1S/C10H19N3/c1-7(2)9-8(11)6-12-13(9)10(3,4)5/h6-7H,11H2,1-5H3. The van der Waals surface area contributed by atoms with Crippen LogP contribution in [0.1, 0.15) is 46.2 Å². The number of nitrogen functional groups attached to an aromatic ring is 1. The van der Waals surface area contributed by atoms with Crippen LogP contribution in [0.25, 0.3) is 0 Å². The highest BCUT2D eigenvalue weighted by atomic mass is 15.3. The Morgan fingerprint density at radius 2 is 1.92 bits per heavy atom. The van der Waals surface area contributed by atoms with Gasteiger partial charge in [-0.05, 0) is 26.7 Å². The summed E-state index contributed by atoms with van der Waals surface area (Å²) in [7, 11) is 0. The second kappa shape index (κ2) is 3.05. The fourth-order valence-corrected chi connectivity index (χ4v) is 1.48. The molecule has 0 unspecified atom stereocenters. The Bertz CT molecular complexity index is 292. The summed E-state index contributed by atoms with van der Waals surface area (Å²) in [6.45, 7) is 10.7. The van der Waals surface area contributed by atoms with Gasteiger partial charge in [0.05, 0.1) is 23.1 Å². The molecule has 0 aliphatic carbocycles. The van der Waals surface area contributed by atoms with Gasteiger partial charge in [-0.15, -0.1) is 0 Å². The van der Waals surface area contributed by atoms with Gasteiger partial charge < -0.3 is 5.73 Å². The lowest BCUT2D eigenvalue weighted by Gasteiger charge is -2.24. The maximum atomic E-state index is 5.86. The van der Waals surface area contributed by atoms with Crippen molar-refractivity contribution in [3.63, 3.8) is 0 Å². The van der Waals surface area contributed by atoms with Crippen molar-refractivity contribution in [3.8, 4) is 0 Å². The Hall–Kier alpha value is -0.990. The normalized spacial score (nSPS) is 12.5. The highest BCUT2D eigenvalue weighted by Gasteiger charge is 2.21. The Morgan fingerprint density at radius 1 is 1.38 bits per heavy atom. The number of nitrogens with zero attached hydrogens (tertiary/aromatic N) is 2. The minimum Gasteiger partial charge on any atom is -0.396 e. The molecule has 0 aromatic carbocycles. The Morgan fingerprint density at radius 3 is 2.23 bits per heavy atom. The number of hydrogen-bond donors (Lipinski definition) is 1. The molecule has 3 nitrogen and oxygen atoms in total. The molecule has 13 heavy (non-hydrogen) atoms. The minimum absolute atomic E-state index is 0.0111. The summed E-state index contributed by atoms with van der Waals surface area (Å²) in [6.07, 6.45) is 1.74. The average Bonchev–Trinajstić information content (AvgIpc) is 2.28. The van der Waals surface area contributed by atoms with Crippen LogP contribution >= 0.6 is 0 Å². The molecule has 74 valence electrons. The van der Waals surface area contributed by atoms with Crippen LogP contribution in [0.15, 0.2) is 6.20 Å². The van der Waals surface area contributed by atoms with Crippen molar-refractivity contribution >= 4 is 5.69 Å². The van der Waals surface area contributed by atoms with Gasteiger partial charge in [-0.1, -0.05) is 13.8 Å². The van der Waals surface area contributed by atoms with E-state index in [9.17, 15) is 0 Å². The number of nitrogens with two attached hydrogens (primary N) is 1. The minimum atomic E-state index is 0.0111. The second-order valence-electron chi connectivity index (χ2n) is 4.72. The lowest BCUT2D eigenvalue weighted by Crippen LogP contribution is -2.26. The maximum Gasteiger partial charge on any atom is 0.0736 e. The summed E-state index contributed by atoms with van der Waals surface area (Å²) in [5.41, 5.74) is 7.79. The van der Waals surface area contributed by atoms with Crippen LogP contribution < -0.4 is 5.73 Å². The first kappa shape index (κ1) is 10.1.